The van der Waals surface area contributed by atoms with Gasteiger partial charge in [-0.05, 0) is 37.2 Å². The lowest BCUT2D eigenvalue weighted by Gasteiger charge is -2.30. The molecule has 5 nitrogen and oxygen atoms in total. The Bertz CT molecular complexity index is 539. The quantitative estimate of drug-likeness (QED) is 0.742. The normalized spacial score (nSPS) is 32.5. The molecule has 2 saturated carbocycles. The second-order valence-corrected chi connectivity index (χ2v) is 5.62. The fraction of sp³-hybridized carbons (Fsp3) is 0.571. The van der Waals surface area contributed by atoms with E-state index in [0.717, 1.165) is 19.3 Å². The third kappa shape index (κ3) is 2.18. The Kier molecular flexibility index (Phi) is 3.14. The van der Waals surface area contributed by atoms with Crippen LogP contribution in [0.15, 0.2) is 23.1 Å². The van der Waals surface area contributed by atoms with Crippen LogP contribution in [0.25, 0.3) is 0 Å². The van der Waals surface area contributed by atoms with Crippen molar-refractivity contribution in [1.29, 1.82) is 0 Å². The zero-order valence-electron chi connectivity index (χ0n) is 10.6. The molecular weight excluding hydrogens is 244 g/mol. The molecule has 1 amide bonds. The predicted molar refractivity (Wildman–Crippen MR) is 69.7 cm³/mol. The number of aliphatic hydroxyl groups excluding tert-OH is 1. The van der Waals surface area contributed by atoms with Crippen LogP contribution in [0.1, 0.15) is 29.6 Å². The summed E-state index contributed by atoms with van der Waals surface area (Å²) in [5, 5.41) is 12.5. The molecule has 4 atom stereocenters. The van der Waals surface area contributed by atoms with E-state index in [2.05, 4.69) is 10.3 Å². The number of nitrogens with one attached hydrogen (secondary N) is 2. The summed E-state index contributed by atoms with van der Waals surface area (Å²) >= 11 is 0. The number of hydrogen-bond donors (Lipinski definition) is 3. The average molecular weight is 262 g/mol. The van der Waals surface area contributed by atoms with Gasteiger partial charge in [-0.2, -0.15) is 0 Å². The van der Waals surface area contributed by atoms with E-state index in [0.29, 0.717) is 17.4 Å². The number of hydrogen-bond acceptors (Lipinski definition) is 3. The van der Waals surface area contributed by atoms with Gasteiger partial charge in [-0.15, -0.1) is 0 Å². The zero-order chi connectivity index (χ0) is 13.4. The Hall–Kier alpha value is -1.62. The van der Waals surface area contributed by atoms with E-state index in [1.54, 1.807) is 6.07 Å². The molecule has 0 aliphatic heterocycles. The first-order valence-corrected chi connectivity index (χ1v) is 6.79. The number of aromatic nitrogens is 1. The van der Waals surface area contributed by atoms with Crippen molar-refractivity contribution in [2.24, 2.45) is 17.8 Å². The molecule has 2 bridgehead atoms. The highest BCUT2D eigenvalue weighted by atomic mass is 16.3. The van der Waals surface area contributed by atoms with E-state index in [4.69, 9.17) is 0 Å². The summed E-state index contributed by atoms with van der Waals surface area (Å²) in [5.74, 6) is 0.972. The number of aromatic amines is 1. The van der Waals surface area contributed by atoms with Crippen molar-refractivity contribution in [3.63, 3.8) is 0 Å². The van der Waals surface area contributed by atoms with Gasteiger partial charge in [-0.1, -0.05) is 0 Å². The maximum absolute atomic E-state index is 12.1. The van der Waals surface area contributed by atoms with Gasteiger partial charge in [-0.25, -0.2) is 0 Å². The number of carbonyl (C=O) groups excluding carboxylic acids is 1. The molecule has 0 saturated heterocycles. The SMILES string of the molecule is O=C(NC1C2CCC(C2)C1CO)c1cc[nH]c(=O)c1. The molecule has 2 fully saturated rings. The second-order valence-electron chi connectivity index (χ2n) is 5.62. The smallest absolute Gasteiger partial charge is 0.251 e. The maximum Gasteiger partial charge on any atom is 0.251 e. The minimum atomic E-state index is -0.278. The standard InChI is InChI=1S/C14H18N2O3/c17-7-11-8-1-2-9(5-8)13(11)16-14(19)10-3-4-15-12(18)6-10/h3-4,6,8-9,11,13,17H,1-2,5,7H2,(H,15,18)(H,16,19). The van der Waals surface area contributed by atoms with E-state index in [1.165, 1.54) is 12.3 Å². The first kappa shape index (κ1) is 12.4. The van der Waals surface area contributed by atoms with Gasteiger partial charge in [0, 0.05) is 36.4 Å². The monoisotopic (exact) mass is 262 g/mol. The van der Waals surface area contributed by atoms with Crippen LogP contribution in [0.4, 0.5) is 0 Å². The summed E-state index contributed by atoms with van der Waals surface area (Å²) in [6.07, 6.45) is 4.86. The molecule has 0 spiro atoms. The van der Waals surface area contributed by atoms with Crippen molar-refractivity contribution in [1.82, 2.24) is 10.3 Å². The minimum absolute atomic E-state index is 0.0514. The molecule has 102 valence electrons. The lowest BCUT2D eigenvalue weighted by Crippen LogP contribution is -2.45. The van der Waals surface area contributed by atoms with Gasteiger partial charge < -0.3 is 15.4 Å². The second kappa shape index (κ2) is 4.81. The lowest BCUT2D eigenvalue weighted by molar-refractivity contribution is 0.0861. The topological polar surface area (TPSA) is 82.2 Å². The van der Waals surface area contributed by atoms with Gasteiger partial charge in [0.05, 0.1) is 0 Å². The molecule has 5 heteroatoms. The molecule has 3 N–H and O–H groups in total. The number of H-pyrrole nitrogens is 1. The fourth-order valence-corrected chi connectivity index (χ4v) is 3.72. The Labute approximate surface area is 111 Å². The molecule has 4 unspecified atom stereocenters. The largest absolute Gasteiger partial charge is 0.396 e. The van der Waals surface area contributed by atoms with Crippen LogP contribution < -0.4 is 10.9 Å². The number of aliphatic hydroxyl groups is 1. The molecule has 2 aliphatic rings. The molecule has 2 aliphatic carbocycles. The highest BCUT2D eigenvalue weighted by Crippen LogP contribution is 2.48. The van der Waals surface area contributed by atoms with Crippen molar-refractivity contribution in [3.8, 4) is 0 Å². The van der Waals surface area contributed by atoms with Crippen LogP contribution >= 0.6 is 0 Å². The van der Waals surface area contributed by atoms with Crippen molar-refractivity contribution < 1.29 is 9.90 Å². The summed E-state index contributed by atoms with van der Waals surface area (Å²) in [7, 11) is 0. The molecule has 0 aromatic carbocycles. The van der Waals surface area contributed by atoms with Crippen molar-refractivity contribution in [3.05, 3.63) is 34.2 Å². The van der Waals surface area contributed by atoms with Gasteiger partial charge in [0.1, 0.15) is 0 Å². The Balaban J connectivity index is 1.74. The summed E-state index contributed by atoms with van der Waals surface area (Å²) in [6, 6.07) is 2.95. The zero-order valence-corrected chi connectivity index (χ0v) is 10.6. The van der Waals surface area contributed by atoms with E-state index in [-0.39, 0.29) is 30.0 Å². The van der Waals surface area contributed by atoms with Crippen LogP contribution in [-0.4, -0.2) is 28.6 Å². The van der Waals surface area contributed by atoms with Crippen LogP contribution in [0, 0.1) is 17.8 Å². The Morgan fingerprint density at radius 1 is 1.42 bits per heavy atom. The van der Waals surface area contributed by atoms with E-state index >= 15 is 0 Å². The highest BCUT2D eigenvalue weighted by molar-refractivity contribution is 5.94. The third-order valence-corrected chi connectivity index (χ3v) is 4.63. The van der Waals surface area contributed by atoms with Gasteiger partial charge in [0.25, 0.3) is 5.91 Å². The first-order chi connectivity index (χ1) is 9.19. The maximum atomic E-state index is 12.1. The van der Waals surface area contributed by atoms with Crippen molar-refractivity contribution >= 4 is 5.91 Å². The molecule has 3 rings (SSSR count). The number of fused-ring (bicyclic) bond motifs is 2. The predicted octanol–water partition coefficient (Wildman–Crippen LogP) is 0.512. The molecular formula is C14H18N2O3. The molecule has 19 heavy (non-hydrogen) atoms. The lowest BCUT2D eigenvalue weighted by atomic mass is 9.85. The van der Waals surface area contributed by atoms with Crippen LogP contribution in [0.5, 0.6) is 0 Å². The van der Waals surface area contributed by atoms with E-state index < -0.39 is 0 Å². The van der Waals surface area contributed by atoms with E-state index in [1.807, 2.05) is 0 Å². The van der Waals surface area contributed by atoms with Crippen LogP contribution in [-0.2, 0) is 0 Å². The molecule has 1 aromatic heterocycles. The fourth-order valence-electron chi connectivity index (χ4n) is 3.72. The summed E-state index contributed by atoms with van der Waals surface area (Å²) in [4.78, 5) is 25.8. The average Bonchev–Trinajstić information content (AvgIpc) is 2.99. The molecule has 1 aromatic rings. The number of rotatable bonds is 3. The Morgan fingerprint density at radius 3 is 2.95 bits per heavy atom. The minimum Gasteiger partial charge on any atom is -0.396 e. The number of carbonyl (C=O) groups is 1. The van der Waals surface area contributed by atoms with Crippen molar-refractivity contribution in [2.75, 3.05) is 6.61 Å². The van der Waals surface area contributed by atoms with Gasteiger partial charge in [-0.3, -0.25) is 9.59 Å². The Morgan fingerprint density at radius 2 is 2.21 bits per heavy atom. The van der Waals surface area contributed by atoms with Crippen LogP contribution in [0.3, 0.4) is 0 Å². The summed E-state index contributed by atoms with van der Waals surface area (Å²) in [6.45, 7) is 0.126. The van der Waals surface area contributed by atoms with Gasteiger partial charge >= 0.3 is 0 Å². The summed E-state index contributed by atoms with van der Waals surface area (Å²) in [5.41, 5.74) is 0.0996. The highest BCUT2D eigenvalue weighted by Gasteiger charge is 2.47. The van der Waals surface area contributed by atoms with Crippen molar-refractivity contribution in [2.45, 2.75) is 25.3 Å². The van der Waals surface area contributed by atoms with Gasteiger partial charge in [0.2, 0.25) is 5.56 Å². The molecule has 1 heterocycles. The molecule has 0 radical (unpaired) electrons. The third-order valence-electron chi connectivity index (χ3n) is 4.63. The summed E-state index contributed by atoms with van der Waals surface area (Å²) < 4.78 is 0. The van der Waals surface area contributed by atoms with E-state index in [9.17, 15) is 14.7 Å². The van der Waals surface area contributed by atoms with Crippen LogP contribution in [0.2, 0.25) is 0 Å². The first-order valence-electron chi connectivity index (χ1n) is 6.79. The number of pyridine rings is 1. The number of amides is 1. The van der Waals surface area contributed by atoms with Gasteiger partial charge in [0.15, 0.2) is 0 Å².